The molecule has 1 unspecified atom stereocenters. The van der Waals surface area contributed by atoms with Crippen molar-refractivity contribution >= 4 is 11.8 Å². The van der Waals surface area contributed by atoms with E-state index in [0.29, 0.717) is 6.42 Å². The molecule has 0 saturated carbocycles. The Kier molecular flexibility index (Phi) is 4.65. The first kappa shape index (κ1) is 12.4. The van der Waals surface area contributed by atoms with Crippen molar-refractivity contribution in [3.63, 3.8) is 0 Å². The zero-order valence-corrected chi connectivity index (χ0v) is 9.05. The van der Waals surface area contributed by atoms with Crippen LogP contribution in [0.3, 0.4) is 0 Å². The summed E-state index contributed by atoms with van der Waals surface area (Å²) in [4.78, 5) is 10.9. The van der Waals surface area contributed by atoms with Crippen molar-refractivity contribution < 1.29 is 15.0 Å². The lowest BCUT2D eigenvalue weighted by molar-refractivity contribution is 0.0697. The topological polar surface area (TPSA) is 95.3 Å². The van der Waals surface area contributed by atoms with Crippen molar-refractivity contribution in [2.45, 2.75) is 25.8 Å². The van der Waals surface area contributed by atoms with Crippen LogP contribution in [0.2, 0.25) is 0 Å². The van der Waals surface area contributed by atoms with E-state index in [2.05, 4.69) is 15.5 Å². The highest BCUT2D eigenvalue weighted by Gasteiger charge is 2.12. The molecule has 1 rings (SSSR count). The van der Waals surface area contributed by atoms with Gasteiger partial charge in [-0.1, -0.05) is 0 Å². The molecule has 0 saturated heterocycles. The number of aliphatic hydroxyl groups is 1. The summed E-state index contributed by atoms with van der Waals surface area (Å²) in [5, 5.41) is 27.9. The normalized spacial score (nSPS) is 12.1. The Morgan fingerprint density at radius 3 is 3.00 bits per heavy atom. The maximum atomic E-state index is 10.9. The zero-order valence-electron chi connectivity index (χ0n) is 9.05. The Balaban J connectivity index is 2.69. The van der Waals surface area contributed by atoms with Gasteiger partial charge in [0.25, 0.3) is 0 Å². The Hall–Kier alpha value is -1.69. The number of carbonyl (C=O) groups is 1. The average Bonchev–Trinajstić information content (AvgIpc) is 2.27. The molecule has 0 bridgehead atoms. The Bertz CT molecular complexity index is 357. The number of nitrogens with one attached hydrogen (secondary N) is 1. The lowest BCUT2D eigenvalue weighted by atomic mass is 10.2. The molecular weight excluding hydrogens is 210 g/mol. The van der Waals surface area contributed by atoms with Gasteiger partial charge in [-0.3, -0.25) is 0 Å². The van der Waals surface area contributed by atoms with Crippen LogP contribution in [0.4, 0.5) is 5.82 Å². The first-order valence-corrected chi connectivity index (χ1v) is 5.07. The number of hydrogen-bond acceptors (Lipinski definition) is 5. The number of aliphatic hydroxyl groups excluding tert-OH is 1. The molecular formula is C10H15N3O3. The maximum absolute atomic E-state index is 10.9. The van der Waals surface area contributed by atoms with Crippen molar-refractivity contribution in [1.29, 1.82) is 0 Å². The van der Waals surface area contributed by atoms with E-state index in [1.807, 2.05) is 6.92 Å². The third-order valence-corrected chi connectivity index (χ3v) is 2.13. The summed E-state index contributed by atoms with van der Waals surface area (Å²) in [6.07, 6.45) is 2.75. The van der Waals surface area contributed by atoms with Gasteiger partial charge in [0.05, 0.1) is 6.20 Å². The number of aromatic nitrogens is 2. The molecule has 1 heterocycles. The van der Waals surface area contributed by atoms with Crippen molar-refractivity contribution in [3.8, 4) is 0 Å². The fourth-order valence-electron chi connectivity index (χ4n) is 1.31. The number of anilines is 1. The molecule has 1 aromatic heterocycles. The minimum atomic E-state index is -1.04. The molecule has 3 N–H and O–H groups in total. The molecule has 88 valence electrons. The second-order valence-corrected chi connectivity index (χ2v) is 3.51. The SMILES string of the molecule is CC(CCCO)Nc1nnccc1C(=O)O. The monoisotopic (exact) mass is 225 g/mol. The van der Waals surface area contributed by atoms with Crippen LogP contribution in [0.15, 0.2) is 12.3 Å². The molecule has 1 atom stereocenters. The van der Waals surface area contributed by atoms with Crippen LogP contribution in [0.5, 0.6) is 0 Å². The number of carboxylic acid groups (broad SMARTS) is 1. The molecule has 0 fully saturated rings. The van der Waals surface area contributed by atoms with E-state index in [1.165, 1.54) is 12.3 Å². The van der Waals surface area contributed by atoms with E-state index in [4.69, 9.17) is 10.2 Å². The standard InChI is InChI=1S/C10H15N3O3/c1-7(3-2-6-14)12-9-8(10(15)16)4-5-11-13-9/h4-5,7,14H,2-3,6H2,1H3,(H,12,13)(H,15,16). The van der Waals surface area contributed by atoms with Crippen molar-refractivity contribution in [2.24, 2.45) is 0 Å². The number of aromatic carboxylic acids is 1. The first-order chi connectivity index (χ1) is 7.65. The molecule has 0 aliphatic rings. The molecule has 16 heavy (non-hydrogen) atoms. The molecule has 0 aliphatic carbocycles. The predicted octanol–water partition coefficient (Wildman–Crippen LogP) is 0.748. The summed E-state index contributed by atoms with van der Waals surface area (Å²) in [5.41, 5.74) is 0.103. The highest BCUT2D eigenvalue weighted by molar-refractivity contribution is 5.92. The second-order valence-electron chi connectivity index (χ2n) is 3.51. The predicted molar refractivity (Wildman–Crippen MR) is 58.4 cm³/mol. The van der Waals surface area contributed by atoms with Gasteiger partial charge in [-0.2, -0.15) is 5.10 Å². The third-order valence-electron chi connectivity index (χ3n) is 2.13. The number of hydrogen-bond donors (Lipinski definition) is 3. The lowest BCUT2D eigenvalue weighted by Gasteiger charge is -2.14. The van der Waals surface area contributed by atoms with Gasteiger partial charge in [-0.15, -0.1) is 5.10 Å². The molecule has 6 heteroatoms. The summed E-state index contributed by atoms with van der Waals surface area (Å²) < 4.78 is 0. The molecule has 0 radical (unpaired) electrons. The summed E-state index contributed by atoms with van der Waals surface area (Å²) in [5.74, 6) is -0.771. The number of carboxylic acids is 1. The Morgan fingerprint density at radius 2 is 2.38 bits per heavy atom. The molecule has 6 nitrogen and oxygen atoms in total. The van der Waals surface area contributed by atoms with Gasteiger partial charge >= 0.3 is 5.97 Å². The van der Waals surface area contributed by atoms with Crippen LogP contribution in [0.1, 0.15) is 30.1 Å². The van der Waals surface area contributed by atoms with Crippen LogP contribution in [0, 0.1) is 0 Å². The van der Waals surface area contributed by atoms with Gasteiger partial charge in [0, 0.05) is 12.6 Å². The van der Waals surface area contributed by atoms with E-state index in [0.717, 1.165) is 6.42 Å². The largest absolute Gasteiger partial charge is 0.478 e. The smallest absolute Gasteiger partial charge is 0.339 e. The van der Waals surface area contributed by atoms with E-state index < -0.39 is 5.97 Å². The van der Waals surface area contributed by atoms with Crippen LogP contribution in [0.25, 0.3) is 0 Å². The summed E-state index contributed by atoms with van der Waals surface area (Å²) in [7, 11) is 0. The van der Waals surface area contributed by atoms with Gasteiger partial charge in [0.2, 0.25) is 0 Å². The van der Waals surface area contributed by atoms with Gasteiger partial charge in [-0.25, -0.2) is 4.79 Å². The number of rotatable bonds is 6. The van der Waals surface area contributed by atoms with Gasteiger partial charge in [-0.05, 0) is 25.8 Å². The second kappa shape index (κ2) is 6.02. The van der Waals surface area contributed by atoms with Crippen molar-refractivity contribution in [2.75, 3.05) is 11.9 Å². The fraction of sp³-hybridized carbons (Fsp3) is 0.500. The van der Waals surface area contributed by atoms with Crippen LogP contribution in [-0.2, 0) is 0 Å². The fourth-order valence-corrected chi connectivity index (χ4v) is 1.31. The van der Waals surface area contributed by atoms with Crippen LogP contribution in [-0.4, -0.2) is 39.0 Å². The van der Waals surface area contributed by atoms with E-state index in [-0.39, 0.29) is 24.0 Å². The van der Waals surface area contributed by atoms with E-state index in [1.54, 1.807) is 0 Å². The molecule has 0 spiro atoms. The van der Waals surface area contributed by atoms with Crippen molar-refractivity contribution in [3.05, 3.63) is 17.8 Å². The number of nitrogens with zero attached hydrogens (tertiary/aromatic N) is 2. The molecule has 0 aliphatic heterocycles. The van der Waals surface area contributed by atoms with Gasteiger partial charge in [0.1, 0.15) is 5.56 Å². The quantitative estimate of drug-likeness (QED) is 0.661. The highest BCUT2D eigenvalue weighted by Crippen LogP contribution is 2.12. The van der Waals surface area contributed by atoms with Gasteiger partial charge < -0.3 is 15.5 Å². The summed E-state index contributed by atoms with van der Waals surface area (Å²) in [6.45, 7) is 2.02. The minimum absolute atomic E-state index is 0.0435. The van der Waals surface area contributed by atoms with E-state index >= 15 is 0 Å². The lowest BCUT2D eigenvalue weighted by Crippen LogP contribution is -2.19. The summed E-state index contributed by atoms with van der Waals surface area (Å²) >= 11 is 0. The maximum Gasteiger partial charge on any atom is 0.339 e. The molecule has 0 aromatic carbocycles. The van der Waals surface area contributed by atoms with Crippen molar-refractivity contribution in [1.82, 2.24) is 10.2 Å². The van der Waals surface area contributed by atoms with E-state index in [9.17, 15) is 4.79 Å². The highest BCUT2D eigenvalue weighted by atomic mass is 16.4. The first-order valence-electron chi connectivity index (χ1n) is 5.07. The third kappa shape index (κ3) is 3.47. The van der Waals surface area contributed by atoms with Crippen LogP contribution < -0.4 is 5.32 Å². The minimum Gasteiger partial charge on any atom is -0.478 e. The zero-order chi connectivity index (χ0) is 12.0. The van der Waals surface area contributed by atoms with Gasteiger partial charge in [0.15, 0.2) is 5.82 Å². The Morgan fingerprint density at radius 1 is 1.62 bits per heavy atom. The Labute approximate surface area is 93.3 Å². The molecule has 0 amide bonds. The van der Waals surface area contributed by atoms with Crippen LogP contribution >= 0.6 is 0 Å². The average molecular weight is 225 g/mol. The summed E-state index contributed by atoms with van der Waals surface area (Å²) in [6, 6.07) is 1.44. The molecule has 1 aromatic rings.